The number of pyridine rings is 1. The zero-order chi connectivity index (χ0) is 33.6. The van der Waals surface area contributed by atoms with Gasteiger partial charge in [-0.3, -0.25) is 9.59 Å². The second-order valence-corrected chi connectivity index (χ2v) is 10.9. The highest BCUT2D eigenvalue weighted by atomic mass is 35.5. The lowest BCUT2D eigenvalue weighted by atomic mass is 9.93. The third kappa shape index (κ3) is 6.16. The molecule has 0 atom stereocenters. The van der Waals surface area contributed by atoms with Crippen molar-refractivity contribution in [1.82, 2.24) is 35.1 Å². The Labute approximate surface area is 259 Å². The molecule has 1 aromatic carbocycles. The number of rotatable bonds is 10. The maximum Gasteiger partial charge on any atom is 0.460 e. The van der Waals surface area contributed by atoms with E-state index in [1.54, 1.807) is 6.92 Å². The number of hydrogen-bond acceptors (Lipinski definition) is 7. The van der Waals surface area contributed by atoms with Crippen LogP contribution in [-0.2, 0) is 18.9 Å². The number of nitriles is 1. The molecule has 0 saturated heterocycles. The van der Waals surface area contributed by atoms with Gasteiger partial charge in [-0.25, -0.2) is 14.3 Å². The fraction of sp³-hybridized carbons (Fsp3) is 0.321. The molecule has 3 aromatic heterocycles. The van der Waals surface area contributed by atoms with E-state index in [4.69, 9.17) is 11.6 Å². The Morgan fingerprint density at radius 3 is 2.48 bits per heavy atom. The number of Topliss-reactive ketones (excluding diaryl/α,β-unsaturated/α-hetero) is 1. The quantitative estimate of drug-likeness (QED) is 0.178. The number of carbonyl (C=O) groups is 2. The summed E-state index contributed by atoms with van der Waals surface area (Å²) in [6.07, 6.45) is -3.80. The van der Waals surface area contributed by atoms with Crippen LogP contribution in [0, 0.1) is 18.3 Å². The van der Waals surface area contributed by atoms with E-state index < -0.39 is 42.0 Å². The summed E-state index contributed by atoms with van der Waals surface area (Å²) in [5, 5.41) is 22.6. The van der Waals surface area contributed by atoms with Crippen molar-refractivity contribution in [3.8, 4) is 11.9 Å². The van der Waals surface area contributed by atoms with Crippen LogP contribution in [0.2, 0.25) is 5.02 Å². The van der Waals surface area contributed by atoms with E-state index in [2.05, 4.69) is 25.7 Å². The maximum absolute atomic E-state index is 14.2. The van der Waals surface area contributed by atoms with E-state index in [9.17, 15) is 45.6 Å². The first kappa shape index (κ1) is 32.5. The summed E-state index contributed by atoms with van der Waals surface area (Å²) >= 11 is 6.29. The summed E-state index contributed by atoms with van der Waals surface area (Å²) in [6.45, 7) is 1.03. The van der Waals surface area contributed by atoms with Gasteiger partial charge in [-0.1, -0.05) is 16.8 Å². The van der Waals surface area contributed by atoms with Crippen LogP contribution in [0.4, 0.5) is 30.7 Å². The van der Waals surface area contributed by atoms with Gasteiger partial charge in [-0.05, 0) is 61.2 Å². The average molecular weight is 669 g/mol. The SMILES string of the molecule is Cc1cc(C#N)cc(C(=O)NC2CC2)c1CC(=O)c1cc(Cn2cc(C(F)(F)C(F)(F)C(F)(F)F)nn2)nn1-c1ncccc1Cl. The van der Waals surface area contributed by atoms with Crippen molar-refractivity contribution >= 4 is 23.3 Å². The number of aryl methyl sites for hydroxylation is 1. The molecule has 3 heterocycles. The van der Waals surface area contributed by atoms with E-state index in [-0.39, 0.29) is 52.0 Å². The molecule has 1 aliphatic rings. The van der Waals surface area contributed by atoms with Gasteiger partial charge < -0.3 is 5.32 Å². The van der Waals surface area contributed by atoms with Crippen molar-refractivity contribution < 1.29 is 40.3 Å². The highest BCUT2D eigenvalue weighted by molar-refractivity contribution is 6.32. The Morgan fingerprint density at radius 1 is 1.13 bits per heavy atom. The van der Waals surface area contributed by atoms with E-state index in [1.807, 2.05) is 6.07 Å². The van der Waals surface area contributed by atoms with Crippen LogP contribution in [0.5, 0.6) is 0 Å². The number of nitrogens with zero attached hydrogens (tertiary/aromatic N) is 7. The summed E-state index contributed by atoms with van der Waals surface area (Å²) in [5.74, 6) is -13.3. The first-order valence-corrected chi connectivity index (χ1v) is 13.7. The average Bonchev–Trinajstić information content (AvgIpc) is 3.50. The lowest BCUT2D eigenvalue weighted by molar-refractivity contribution is -0.360. The van der Waals surface area contributed by atoms with Crippen molar-refractivity contribution in [1.29, 1.82) is 5.26 Å². The molecule has 1 amide bonds. The van der Waals surface area contributed by atoms with Gasteiger partial charge in [-0.15, -0.1) is 5.10 Å². The van der Waals surface area contributed by atoms with E-state index >= 15 is 0 Å². The molecule has 240 valence electrons. The standard InChI is InChI=1S/C28H20ClF7N8O2/c1-14-7-15(11-37)8-19(25(46)39-16-4-5-16)18(14)10-22(45)21-9-17(41-44(21)24-20(29)3-2-6-38-24)12-43-13-23(40-42-43)26(30,31)27(32,33)28(34,35)36/h2-3,6-9,13,16H,4-5,10,12H2,1H3,(H,39,46). The van der Waals surface area contributed by atoms with Gasteiger partial charge in [0.25, 0.3) is 5.91 Å². The van der Waals surface area contributed by atoms with Crippen LogP contribution >= 0.6 is 11.6 Å². The predicted molar refractivity (Wildman–Crippen MR) is 145 cm³/mol. The van der Waals surface area contributed by atoms with Gasteiger partial charge in [0.15, 0.2) is 17.3 Å². The van der Waals surface area contributed by atoms with Crippen LogP contribution in [0.25, 0.3) is 5.82 Å². The largest absolute Gasteiger partial charge is 0.460 e. The molecule has 1 fully saturated rings. The third-order valence-corrected chi connectivity index (χ3v) is 7.31. The Bertz CT molecular complexity index is 1880. The van der Waals surface area contributed by atoms with Crippen LogP contribution in [0.3, 0.4) is 0 Å². The number of alkyl halides is 7. The van der Waals surface area contributed by atoms with Crippen molar-refractivity contribution in [2.24, 2.45) is 0 Å². The molecular weight excluding hydrogens is 649 g/mol. The highest BCUT2D eigenvalue weighted by Gasteiger charge is 2.74. The fourth-order valence-electron chi connectivity index (χ4n) is 4.49. The summed E-state index contributed by atoms with van der Waals surface area (Å²) in [5.41, 5.74) is -1.07. The van der Waals surface area contributed by atoms with Gasteiger partial charge in [-0.2, -0.15) is 41.1 Å². The topological polar surface area (TPSA) is 131 Å². The number of ketones is 1. The van der Waals surface area contributed by atoms with Gasteiger partial charge in [0.1, 0.15) is 5.69 Å². The zero-order valence-electron chi connectivity index (χ0n) is 23.4. The van der Waals surface area contributed by atoms with Crippen molar-refractivity contribution in [2.45, 2.75) is 56.8 Å². The van der Waals surface area contributed by atoms with Crippen molar-refractivity contribution in [3.05, 3.63) is 87.1 Å². The van der Waals surface area contributed by atoms with Gasteiger partial charge in [0, 0.05) is 24.2 Å². The van der Waals surface area contributed by atoms with Crippen LogP contribution < -0.4 is 5.32 Å². The highest BCUT2D eigenvalue weighted by Crippen LogP contribution is 2.51. The first-order valence-electron chi connectivity index (χ1n) is 13.3. The van der Waals surface area contributed by atoms with Crippen molar-refractivity contribution in [3.63, 3.8) is 0 Å². The molecule has 10 nitrogen and oxygen atoms in total. The number of aromatic nitrogens is 6. The molecule has 4 aromatic rings. The Balaban J connectivity index is 1.50. The summed E-state index contributed by atoms with van der Waals surface area (Å²) in [4.78, 5) is 30.9. The molecule has 18 heteroatoms. The maximum atomic E-state index is 14.2. The molecule has 1 N–H and O–H groups in total. The zero-order valence-corrected chi connectivity index (χ0v) is 24.2. The number of amides is 1. The second kappa shape index (κ2) is 11.8. The van der Waals surface area contributed by atoms with Gasteiger partial charge >= 0.3 is 18.0 Å². The smallest absolute Gasteiger partial charge is 0.349 e. The van der Waals surface area contributed by atoms with Crippen LogP contribution in [0.1, 0.15) is 61.8 Å². The number of hydrogen-bond donors (Lipinski definition) is 1. The molecule has 1 aliphatic carbocycles. The number of halogens is 8. The molecule has 0 unspecified atom stereocenters. The van der Waals surface area contributed by atoms with Gasteiger partial charge in [0.2, 0.25) is 0 Å². The lowest BCUT2D eigenvalue weighted by Gasteiger charge is -2.26. The summed E-state index contributed by atoms with van der Waals surface area (Å²) < 4.78 is 94.9. The number of nitrogens with one attached hydrogen (secondary N) is 1. The van der Waals surface area contributed by atoms with E-state index in [1.165, 1.54) is 36.5 Å². The Kier molecular flexibility index (Phi) is 8.36. The van der Waals surface area contributed by atoms with E-state index in [0.29, 0.717) is 15.8 Å². The number of benzene rings is 1. The first-order chi connectivity index (χ1) is 21.5. The van der Waals surface area contributed by atoms with E-state index in [0.717, 1.165) is 17.5 Å². The normalized spacial score (nSPS) is 13.8. The fourth-order valence-corrected chi connectivity index (χ4v) is 4.69. The monoisotopic (exact) mass is 668 g/mol. The molecule has 0 aliphatic heterocycles. The summed E-state index contributed by atoms with van der Waals surface area (Å²) in [6, 6.07) is 8.96. The molecule has 5 rings (SSSR count). The molecule has 0 bridgehead atoms. The molecule has 0 radical (unpaired) electrons. The Hall–Kier alpha value is -4.85. The minimum atomic E-state index is -6.57. The van der Waals surface area contributed by atoms with Crippen LogP contribution in [0.15, 0.2) is 42.7 Å². The minimum Gasteiger partial charge on any atom is -0.349 e. The molecule has 1 saturated carbocycles. The predicted octanol–water partition coefficient (Wildman–Crippen LogP) is 5.35. The lowest BCUT2D eigenvalue weighted by Crippen LogP contribution is -2.50. The molecule has 46 heavy (non-hydrogen) atoms. The van der Waals surface area contributed by atoms with Crippen LogP contribution in [-0.4, -0.2) is 59.6 Å². The third-order valence-electron chi connectivity index (χ3n) is 7.02. The number of carbonyl (C=O) groups excluding carboxylic acids is 2. The Morgan fingerprint density at radius 2 is 1.85 bits per heavy atom. The van der Waals surface area contributed by atoms with Gasteiger partial charge in [0.05, 0.1) is 35.1 Å². The van der Waals surface area contributed by atoms with Crippen molar-refractivity contribution in [2.75, 3.05) is 0 Å². The molecular formula is C28H20ClF7N8O2. The summed E-state index contributed by atoms with van der Waals surface area (Å²) in [7, 11) is 0. The molecule has 0 spiro atoms. The minimum absolute atomic E-state index is 0.0191. The second-order valence-electron chi connectivity index (χ2n) is 10.5.